The maximum absolute atomic E-state index is 13.3. The number of amides is 2. The molecule has 8 nitrogen and oxygen atoms in total. The van der Waals surface area contributed by atoms with E-state index in [1.54, 1.807) is 11.1 Å². The summed E-state index contributed by atoms with van der Waals surface area (Å²) in [5.74, 6) is -0.557. The summed E-state index contributed by atoms with van der Waals surface area (Å²) >= 11 is 0. The van der Waals surface area contributed by atoms with Gasteiger partial charge in [-0.15, -0.1) is 0 Å². The van der Waals surface area contributed by atoms with Gasteiger partial charge < -0.3 is 16.0 Å². The minimum Gasteiger partial charge on any atom is -0.383 e. The SMILES string of the molecule is Cc1cc(C(C)NC(=O)N2CC[C@@]3(CCn4nc(-c5cnc(N)c(C(F)(F)F)c5)cc43)C2)ccn1. The van der Waals surface area contributed by atoms with E-state index in [1.807, 2.05) is 36.7 Å². The predicted molar refractivity (Wildman–Crippen MR) is 123 cm³/mol. The number of nitrogens with zero attached hydrogens (tertiary/aromatic N) is 5. The number of halogens is 3. The highest BCUT2D eigenvalue weighted by Gasteiger charge is 2.47. The summed E-state index contributed by atoms with van der Waals surface area (Å²) < 4.78 is 41.7. The lowest BCUT2D eigenvalue weighted by atomic mass is 9.82. The molecule has 1 spiro atoms. The van der Waals surface area contributed by atoms with Crippen molar-refractivity contribution in [2.24, 2.45) is 0 Å². The molecule has 184 valence electrons. The molecule has 1 unspecified atom stereocenters. The predicted octanol–water partition coefficient (Wildman–Crippen LogP) is 4.07. The second kappa shape index (κ2) is 8.24. The molecule has 1 fully saturated rings. The van der Waals surface area contributed by atoms with Crippen LogP contribution in [0.1, 0.15) is 48.3 Å². The van der Waals surface area contributed by atoms with Gasteiger partial charge in [0, 0.05) is 54.4 Å². The first-order valence-electron chi connectivity index (χ1n) is 11.5. The molecule has 5 heterocycles. The van der Waals surface area contributed by atoms with Gasteiger partial charge in [-0.2, -0.15) is 18.3 Å². The molecular weight excluding hydrogens is 459 g/mol. The molecule has 11 heteroatoms. The van der Waals surface area contributed by atoms with Gasteiger partial charge >= 0.3 is 12.2 Å². The Balaban J connectivity index is 1.33. The molecule has 0 bridgehead atoms. The second-order valence-corrected chi connectivity index (χ2v) is 9.40. The zero-order valence-electron chi connectivity index (χ0n) is 19.4. The van der Waals surface area contributed by atoms with E-state index < -0.39 is 17.6 Å². The molecule has 3 N–H and O–H groups in total. The summed E-state index contributed by atoms with van der Waals surface area (Å²) in [6, 6.07) is 6.34. The Morgan fingerprint density at radius 2 is 1.97 bits per heavy atom. The number of carbonyl (C=O) groups is 1. The molecule has 2 aliphatic rings. The van der Waals surface area contributed by atoms with Crippen LogP contribution in [0.25, 0.3) is 11.3 Å². The minimum absolute atomic E-state index is 0.139. The number of aromatic nitrogens is 4. The number of alkyl halides is 3. The Bertz CT molecular complexity index is 1290. The van der Waals surface area contributed by atoms with E-state index in [-0.39, 0.29) is 23.1 Å². The van der Waals surface area contributed by atoms with Crippen LogP contribution in [0.3, 0.4) is 0 Å². The number of nitrogens with two attached hydrogens (primary N) is 1. The number of carbonyl (C=O) groups excluding carboxylic acids is 1. The zero-order valence-corrected chi connectivity index (χ0v) is 19.4. The van der Waals surface area contributed by atoms with Gasteiger partial charge in [0.1, 0.15) is 5.82 Å². The maximum atomic E-state index is 13.3. The van der Waals surface area contributed by atoms with Crippen molar-refractivity contribution in [3.05, 3.63) is 59.2 Å². The van der Waals surface area contributed by atoms with Crippen LogP contribution in [0.4, 0.5) is 23.8 Å². The van der Waals surface area contributed by atoms with E-state index in [4.69, 9.17) is 5.73 Å². The number of fused-ring (bicyclic) bond motifs is 2. The number of hydrogen-bond donors (Lipinski definition) is 2. The van der Waals surface area contributed by atoms with Crippen LogP contribution >= 0.6 is 0 Å². The van der Waals surface area contributed by atoms with Crippen LogP contribution in [0.5, 0.6) is 0 Å². The molecule has 3 aromatic heterocycles. The normalized spacial score (nSPS) is 20.3. The average molecular weight is 486 g/mol. The third-order valence-corrected chi connectivity index (χ3v) is 7.05. The van der Waals surface area contributed by atoms with Crippen molar-refractivity contribution in [1.29, 1.82) is 0 Å². The van der Waals surface area contributed by atoms with Crippen molar-refractivity contribution < 1.29 is 18.0 Å². The Hall–Kier alpha value is -3.63. The molecule has 0 radical (unpaired) electrons. The maximum Gasteiger partial charge on any atom is 0.419 e. The Labute approximate surface area is 200 Å². The smallest absolute Gasteiger partial charge is 0.383 e. The molecule has 2 aliphatic heterocycles. The van der Waals surface area contributed by atoms with Gasteiger partial charge in [-0.05, 0) is 56.5 Å². The van der Waals surface area contributed by atoms with Crippen molar-refractivity contribution >= 4 is 11.8 Å². The first-order valence-corrected chi connectivity index (χ1v) is 11.5. The summed E-state index contributed by atoms with van der Waals surface area (Å²) in [4.78, 5) is 22.7. The topological polar surface area (TPSA) is 102 Å². The number of rotatable bonds is 3. The number of nitrogen functional groups attached to an aromatic ring is 1. The summed E-state index contributed by atoms with van der Waals surface area (Å²) in [6.07, 6.45) is 0.0339. The van der Waals surface area contributed by atoms with Crippen LogP contribution in [0.15, 0.2) is 36.7 Å². The van der Waals surface area contributed by atoms with Crippen LogP contribution in [-0.2, 0) is 18.1 Å². The number of urea groups is 1. The van der Waals surface area contributed by atoms with E-state index in [9.17, 15) is 18.0 Å². The fourth-order valence-corrected chi connectivity index (χ4v) is 5.10. The van der Waals surface area contributed by atoms with Gasteiger partial charge in [-0.1, -0.05) is 0 Å². The summed E-state index contributed by atoms with van der Waals surface area (Å²) in [5, 5.41) is 7.60. The highest BCUT2D eigenvalue weighted by molar-refractivity contribution is 5.75. The molecule has 2 amide bonds. The number of pyridine rings is 2. The van der Waals surface area contributed by atoms with Crippen molar-refractivity contribution in [1.82, 2.24) is 30.0 Å². The van der Waals surface area contributed by atoms with E-state index in [2.05, 4.69) is 20.4 Å². The molecule has 1 saturated heterocycles. The number of anilines is 1. The third kappa shape index (κ3) is 4.19. The summed E-state index contributed by atoms with van der Waals surface area (Å²) in [6.45, 7) is 5.61. The van der Waals surface area contributed by atoms with E-state index in [0.29, 0.717) is 25.3 Å². The highest BCUT2D eigenvalue weighted by Crippen LogP contribution is 2.44. The van der Waals surface area contributed by atoms with Gasteiger partial charge in [0.15, 0.2) is 0 Å². The van der Waals surface area contributed by atoms with E-state index in [1.165, 1.54) is 6.20 Å². The summed E-state index contributed by atoms with van der Waals surface area (Å²) in [5.41, 5.74) is 7.68. The summed E-state index contributed by atoms with van der Waals surface area (Å²) in [7, 11) is 0. The van der Waals surface area contributed by atoms with E-state index >= 15 is 0 Å². The second-order valence-electron chi connectivity index (χ2n) is 9.40. The number of hydrogen-bond acceptors (Lipinski definition) is 5. The highest BCUT2D eigenvalue weighted by atomic mass is 19.4. The van der Waals surface area contributed by atoms with Gasteiger partial charge in [-0.25, -0.2) is 9.78 Å². The third-order valence-electron chi connectivity index (χ3n) is 7.05. The largest absolute Gasteiger partial charge is 0.419 e. The van der Waals surface area contributed by atoms with Crippen LogP contribution in [0, 0.1) is 6.92 Å². The lowest BCUT2D eigenvalue weighted by Gasteiger charge is -2.25. The molecule has 0 aromatic carbocycles. The van der Waals surface area contributed by atoms with Crippen molar-refractivity contribution in [2.45, 2.75) is 50.9 Å². The van der Waals surface area contributed by atoms with Crippen LogP contribution in [-0.4, -0.2) is 43.8 Å². The minimum atomic E-state index is -4.60. The Morgan fingerprint density at radius 3 is 2.71 bits per heavy atom. The fourth-order valence-electron chi connectivity index (χ4n) is 5.10. The molecule has 35 heavy (non-hydrogen) atoms. The zero-order chi connectivity index (χ0) is 25.0. The van der Waals surface area contributed by atoms with E-state index in [0.717, 1.165) is 35.9 Å². The molecule has 3 aromatic rings. The lowest BCUT2D eigenvalue weighted by molar-refractivity contribution is -0.137. The van der Waals surface area contributed by atoms with Crippen molar-refractivity contribution in [2.75, 3.05) is 18.8 Å². The number of nitrogens with one attached hydrogen (secondary N) is 1. The first kappa shape index (κ1) is 23.1. The van der Waals surface area contributed by atoms with Gasteiger partial charge in [0.25, 0.3) is 0 Å². The Kier molecular flexibility index (Phi) is 5.45. The molecule has 0 aliphatic carbocycles. The average Bonchev–Trinajstić information content (AvgIpc) is 3.50. The molecule has 0 saturated carbocycles. The first-order chi connectivity index (χ1) is 16.6. The Morgan fingerprint density at radius 1 is 1.20 bits per heavy atom. The van der Waals surface area contributed by atoms with Crippen LogP contribution in [0.2, 0.25) is 0 Å². The molecule has 5 rings (SSSR count). The van der Waals surface area contributed by atoms with Gasteiger partial charge in [-0.3, -0.25) is 9.67 Å². The standard InChI is InChI=1S/C24H26F3N7O/c1-14-9-16(3-6-29-14)15(2)31-22(35)33-7-4-23(13-33)5-8-34-20(23)11-19(32-34)17-10-18(24(25,26)27)21(28)30-12-17/h3,6,9-12,15H,4-5,7-8,13H2,1-2H3,(H2,28,30)(H,31,35)/t15?,23-/m1/s1. The van der Waals surface area contributed by atoms with Gasteiger partial charge in [0.05, 0.1) is 17.3 Å². The molecule has 2 atom stereocenters. The van der Waals surface area contributed by atoms with Crippen molar-refractivity contribution in [3.8, 4) is 11.3 Å². The molecular formula is C24H26F3N7O. The van der Waals surface area contributed by atoms with Crippen LogP contribution < -0.4 is 11.1 Å². The quantitative estimate of drug-likeness (QED) is 0.582. The van der Waals surface area contributed by atoms with Gasteiger partial charge in [0.2, 0.25) is 0 Å². The number of likely N-dealkylation sites (tertiary alicyclic amines) is 1. The fraction of sp³-hybridized carbons (Fsp3) is 0.417. The van der Waals surface area contributed by atoms with Crippen molar-refractivity contribution in [3.63, 3.8) is 0 Å². The monoisotopic (exact) mass is 485 g/mol. The lowest BCUT2D eigenvalue weighted by Crippen LogP contribution is -2.41. The number of aryl methyl sites for hydroxylation is 2.